The third-order valence-electron chi connectivity index (χ3n) is 4.47. The topological polar surface area (TPSA) is 154 Å². The Morgan fingerprint density at radius 2 is 1.83 bits per heavy atom. The van der Waals surface area contributed by atoms with Crippen LogP contribution >= 0.6 is 0 Å². The van der Waals surface area contributed by atoms with E-state index in [-0.39, 0.29) is 23.2 Å². The lowest BCUT2D eigenvalue weighted by Gasteiger charge is -2.30. The molecule has 158 valence electrons. The fraction of sp³-hybridized carbons (Fsp3) is 0.474. The Bertz CT molecular complexity index is 746. The van der Waals surface area contributed by atoms with Gasteiger partial charge in [-0.1, -0.05) is 12.1 Å². The van der Waals surface area contributed by atoms with Crippen molar-refractivity contribution in [2.24, 2.45) is 17.4 Å². The van der Waals surface area contributed by atoms with E-state index in [1.165, 1.54) is 17.0 Å². The number of urea groups is 1. The quantitative estimate of drug-likeness (QED) is 0.406. The van der Waals surface area contributed by atoms with Gasteiger partial charge in [0.15, 0.2) is 6.61 Å². The van der Waals surface area contributed by atoms with Crippen LogP contribution in [-0.2, 0) is 14.3 Å². The Morgan fingerprint density at radius 1 is 1.14 bits per heavy atom. The van der Waals surface area contributed by atoms with Gasteiger partial charge in [-0.05, 0) is 37.9 Å². The van der Waals surface area contributed by atoms with E-state index in [1.54, 1.807) is 12.1 Å². The van der Waals surface area contributed by atoms with E-state index in [0.29, 0.717) is 45.5 Å². The minimum absolute atomic E-state index is 0.145. The summed E-state index contributed by atoms with van der Waals surface area (Å²) < 4.78 is 10.4. The first-order valence-corrected chi connectivity index (χ1v) is 9.39. The number of amides is 4. The molecule has 1 aliphatic rings. The highest BCUT2D eigenvalue weighted by atomic mass is 16.5. The number of imide groups is 1. The number of benzene rings is 1. The van der Waals surface area contributed by atoms with Crippen LogP contribution in [0.4, 0.5) is 4.79 Å². The number of primary amides is 1. The van der Waals surface area contributed by atoms with E-state index < -0.39 is 24.5 Å². The molecule has 1 saturated heterocycles. The van der Waals surface area contributed by atoms with Crippen LogP contribution < -0.4 is 21.5 Å². The number of piperidine rings is 1. The molecule has 0 spiro atoms. The third-order valence-corrected chi connectivity index (χ3v) is 4.47. The maximum Gasteiger partial charge on any atom is 0.324 e. The molecular weight excluding hydrogens is 380 g/mol. The van der Waals surface area contributed by atoms with Crippen molar-refractivity contribution in [3.63, 3.8) is 0 Å². The van der Waals surface area contributed by atoms with Crippen molar-refractivity contribution < 1.29 is 28.7 Å². The van der Waals surface area contributed by atoms with Crippen LogP contribution in [0.15, 0.2) is 24.3 Å². The van der Waals surface area contributed by atoms with Crippen LogP contribution in [0.25, 0.3) is 0 Å². The fourth-order valence-corrected chi connectivity index (χ4v) is 2.87. The number of esters is 1. The number of hydrogen-bond donors (Lipinski definition) is 3. The van der Waals surface area contributed by atoms with Crippen LogP contribution in [0.2, 0.25) is 0 Å². The van der Waals surface area contributed by atoms with Crippen LogP contribution in [-0.4, -0.2) is 61.6 Å². The predicted octanol–water partition coefficient (Wildman–Crippen LogP) is 0.00450. The number of hydrogen-bond acceptors (Lipinski definition) is 7. The van der Waals surface area contributed by atoms with E-state index in [9.17, 15) is 19.2 Å². The Morgan fingerprint density at radius 3 is 2.48 bits per heavy atom. The van der Waals surface area contributed by atoms with Crippen molar-refractivity contribution in [1.29, 1.82) is 0 Å². The normalized spacial score (nSPS) is 14.2. The molecule has 10 heteroatoms. The first-order chi connectivity index (χ1) is 13.9. The molecule has 0 bridgehead atoms. The molecule has 0 aliphatic carbocycles. The molecule has 0 atom stereocenters. The largest absolute Gasteiger partial charge is 0.483 e. The second kappa shape index (κ2) is 11.0. The van der Waals surface area contributed by atoms with Crippen molar-refractivity contribution in [2.45, 2.75) is 19.3 Å². The van der Waals surface area contributed by atoms with Crippen LogP contribution in [0, 0.1) is 5.92 Å². The van der Waals surface area contributed by atoms with Gasteiger partial charge >= 0.3 is 12.0 Å². The van der Waals surface area contributed by atoms with Gasteiger partial charge < -0.3 is 25.8 Å². The molecule has 0 unspecified atom stereocenters. The van der Waals surface area contributed by atoms with Crippen LogP contribution in [0.5, 0.6) is 5.75 Å². The Balaban J connectivity index is 1.75. The van der Waals surface area contributed by atoms with E-state index in [4.69, 9.17) is 20.9 Å². The summed E-state index contributed by atoms with van der Waals surface area (Å²) in [5.74, 6) is -1.71. The van der Waals surface area contributed by atoms with Gasteiger partial charge in [0, 0.05) is 13.1 Å². The monoisotopic (exact) mass is 406 g/mol. The van der Waals surface area contributed by atoms with Gasteiger partial charge in [-0.15, -0.1) is 0 Å². The Labute approximate surface area is 168 Å². The summed E-state index contributed by atoms with van der Waals surface area (Å²) in [5, 5.41) is 2.23. The Kier molecular flexibility index (Phi) is 8.41. The molecular formula is C19H26N4O6. The third kappa shape index (κ3) is 6.75. The number of carbonyl (C=O) groups excluding carboxylic acids is 4. The van der Waals surface area contributed by atoms with Crippen molar-refractivity contribution in [2.75, 3.05) is 32.8 Å². The van der Waals surface area contributed by atoms with Gasteiger partial charge in [-0.25, -0.2) is 4.79 Å². The molecule has 10 nitrogen and oxygen atoms in total. The number of likely N-dealkylation sites (tertiary alicyclic amines) is 1. The standard InChI is InChI=1S/C19H26N4O6/c20-8-3-11-28-18(26)13-6-9-23(10-7-13)19(27)22-16(24)12-29-15-5-2-1-4-14(15)17(21)25/h1-2,4-5,13H,3,6-12,20H2,(H2,21,25)(H,22,24,27). The summed E-state index contributed by atoms with van der Waals surface area (Å²) in [5.41, 5.74) is 10.8. The zero-order chi connectivity index (χ0) is 21.2. The second-order valence-corrected chi connectivity index (χ2v) is 6.57. The fourth-order valence-electron chi connectivity index (χ4n) is 2.87. The summed E-state index contributed by atoms with van der Waals surface area (Å²) in [6.45, 7) is 0.976. The highest BCUT2D eigenvalue weighted by molar-refractivity contribution is 5.97. The lowest BCUT2D eigenvalue weighted by atomic mass is 9.97. The van der Waals surface area contributed by atoms with Gasteiger partial charge in [-0.3, -0.25) is 19.7 Å². The molecule has 4 amide bonds. The molecule has 1 aromatic carbocycles. The zero-order valence-electron chi connectivity index (χ0n) is 16.1. The van der Waals surface area contributed by atoms with Crippen LogP contribution in [0.1, 0.15) is 29.6 Å². The van der Waals surface area contributed by atoms with Crippen molar-refractivity contribution in [1.82, 2.24) is 10.2 Å². The lowest BCUT2D eigenvalue weighted by Crippen LogP contribution is -2.48. The molecule has 0 saturated carbocycles. The summed E-state index contributed by atoms with van der Waals surface area (Å²) in [7, 11) is 0. The highest BCUT2D eigenvalue weighted by Crippen LogP contribution is 2.19. The van der Waals surface area contributed by atoms with Gasteiger partial charge in [0.1, 0.15) is 5.75 Å². The number of carbonyl (C=O) groups is 4. The smallest absolute Gasteiger partial charge is 0.324 e. The molecule has 1 aromatic rings. The van der Waals surface area contributed by atoms with E-state index in [1.807, 2.05) is 0 Å². The molecule has 1 heterocycles. The average Bonchev–Trinajstić information content (AvgIpc) is 2.72. The number of para-hydroxylation sites is 1. The SMILES string of the molecule is NCCCOC(=O)C1CCN(C(=O)NC(=O)COc2ccccc2C(N)=O)CC1. The van der Waals surface area contributed by atoms with E-state index >= 15 is 0 Å². The zero-order valence-corrected chi connectivity index (χ0v) is 16.1. The summed E-state index contributed by atoms with van der Waals surface area (Å²) in [6, 6.07) is 5.68. The predicted molar refractivity (Wildman–Crippen MR) is 103 cm³/mol. The van der Waals surface area contributed by atoms with Crippen molar-refractivity contribution in [3.8, 4) is 5.75 Å². The number of ether oxygens (including phenoxy) is 2. The minimum Gasteiger partial charge on any atom is -0.483 e. The van der Waals surface area contributed by atoms with Crippen molar-refractivity contribution in [3.05, 3.63) is 29.8 Å². The second-order valence-electron chi connectivity index (χ2n) is 6.57. The molecule has 5 N–H and O–H groups in total. The number of nitrogens with two attached hydrogens (primary N) is 2. The maximum absolute atomic E-state index is 12.2. The lowest BCUT2D eigenvalue weighted by molar-refractivity contribution is -0.150. The molecule has 0 aromatic heterocycles. The average molecular weight is 406 g/mol. The minimum atomic E-state index is -0.679. The molecule has 2 rings (SSSR count). The maximum atomic E-state index is 12.2. The highest BCUT2D eigenvalue weighted by Gasteiger charge is 2.29. The first-order valence-electron chi connectivity index (χ1n) is 9.39. The van der Waals surface area contributed by atoms with Gasteiger partial charge in [0.25, 0.3) is 11.8 Å². The summed E-state index contributed by atoms with van der Waals surface area (Å²) >= 11 is 0. The molecule has 1 aliphatic heterocycles. The number of nitrogens with one attached hydrogen (secondary N) is 1. The van der Waals surface area contributed by atoms with E-state index in [2.05, 4.69) is 5.32 Å². The Hall–Kier alpha value is -3.14. The molecule has 29 heavy (non-hydrogen) atoms. The van der Waals surface area contributed by atoms with Crippen molar-refractivity contribution >= 4 is 23.8 Å². The molecule has 1 fully saturated rings. The molecule has 0 radical (unpaired) electrons. The van der Waals surface area contributed by atoms with E-state index in [0.717, 1.165) is 0 Å². The summed E-state index contributed by atoms with van der Waals surface area (Å²) in [4.78, 5) is 48.9. The summed E-state index contributed by atoms with van der Waals surface area (Å²) in [6.07, 6.45) is 1.54. The van der Waals surface area contributed by atoms with Crippen LogP contribution in [0.3, 0.4) is 0 Å². The van der Waals surface area contributed by atoms with Gasteiger partial charge in [0.2, 0.25) is 0 Å². The first kappa shape index (κ1) is 22.2. The van der Waals surface area contributed by atoms with Gasteiger partial charge in [0.05, 0.1) is 18.1 Å². The number of nitrogens with zero attached hydrogens (tertiary/aromatic N) is 1. The number of rotatable bonds is 8. The van der Waals surface area contributed by atoms with Gasteiger partial charge in [-0.2, -0.15) is 0 Å².